The Balaban J connectivity index is 1.45. The summed E-state index contributed by atoms with van der Waals surface area (Å²) >= 11 is 0. The summed E-state index contributed by atoms with van der Waals surface area (Å²) in [5.74, 6) is 1.15. The van der Waals surface area contributed by atoms with E-state index in [0.29, 0.717) is 23.8 Å². The molecule has 1 aliphatic rings. The molecule has 3 aromatic rings. The summed E-state index contributed by atoms with van der Waals surface area (Å²) in [7, 11) is 1.79. The second-order valence-corrected chi connectivity index (χ2v) is 7.02. The van der Waals surface area contributed by atoms with Crippen LogP contribution in [0.3, 0.4) is 0 Å². The van der Waals surface area contributed by atoms with Crippen molar-refractivity contribution < 1.29 is 9.32 Å². The highest BCUT2D eigenvalue weighted by Gasteiger charge is 2.19. The Morgan fingerprint density at radius 2 is 2.04 bits per heavy atom. The Morgan fingerprint density at radius 1 is 1.19 bits per heavy atom. The van der Waals surface area contributed by atoms with Crippen LogP contribution in [0.5, 0.6) is 0 Å². The van der Waals surface area contributed by atoms with E-state index >= 15 is 0 Å². The molecule has 5 heteroatoms. The minimum absolute atomic E-state index is 0.0135. The molecular weight excluding hydrogens is 338 g/mol. The van der Waals surface area contributed by atoms with Crippen LogP contribution in [0.25, 0.3) is 11.3 Å². The minimum atomic E-state index is -0.0135. The molecule has 0 saturated carbocycles. The minimum Gasteiger partial charge on any atom is -0.359 e. The van der Waals surface area contributed by atoms with E-state index in [1.165, 1.54) is 5.56 Å². The number of carbonyl (C=O) groups excluding carboxylic acids is 1. The van der Waals surface area contributed by atoms with Crippen LogP contribution in [-0.4, -0.2) is 36.1 Å². The normalized spacial score (nSPS) is 16.4. The fourth-order valence-corrected chi connectivity index (χ4v) is 3.52. The lowest BCUT2D eigenvalue weighted by Crippen LogP contribution is -2.26. The van der Waals surface area contributed by atoms with Gasteiger partial charge in [-0.05, 0) is 36.6 Å². The Morgan fingerprint density at radius 3 is 2.81 bits per heavy atom. The van der Waals surface area contributed by atoms with Crippen LogP contribution in [0.15, 0.2) is 65.2 Å². The Labute approximate surface area is 159 Å². The third-order valence-electron chi connectivity index (χ3n) is 5.03. The van der Waals surface area contributed by atoms with Gasteiger partial charge < -0.3 is 14.7 Å². The second-order valence-electron chi connectivity index (χ2n) is 7.02. The Bertz CT molecular complexity index is 914. The van der Waals surface area contributed by atoms with E-state index in [1.54, 1.807) is 11.9 Å². The predicted octanol–water partition coefficient (Wildman–Crippen LogP) is 3.69. The maximum atomic E-state index is 12.8. The van der Waals surface area contributed by atoms with Gasteiger partial charge in [-0.25, -0.2) is 0 Å². The molecular formula is C22H23N3O2. The summed E-state index contributed by atoms with van der Waals surface area (Å²) in [6, 6.07) is 19.7. The van der Waals surface area contributed by atoms with E-state index in [4.69, 9.17) is 4.52 Å². The summed E-state index contributed by atoms with van der Waals surface area (Å²) in [4.78, 5) is 14.5. The van der Waals surface area contributed by atoms with Gasteiger partial charge in [0.15, 0.2) is 5.76 Å². The van der Waals surface area contributed by atoms with Gasteiger partial charge in [-0.15, -0.1) is 0 Å². The molecule has 1 saturated heterocycles. The molecule has 1 fully saturated rings. The average molecular weight is 361 g/mol. The first-order valence-corrected chi connectivity index (χ1v) is 9.28. The number of aromatic nitrogens is 1. The summed E-state index contributed by atoms with van der Waals surface area (Å²) < 4.78 is 5.43. The van der Waals surface area contributed by atoms with Crippen LogP contribution in [0.1, 0.15) is 34.0 Å². The van der Waals surface area contributed by atoms with Gasteiger partial charge in [-0.3, -0.25) is 4.79 Å². The summed E-state index contributed by atoms with van der Waals surface area (Å²) in [5.41, 5.74) is 3.72. The summed E-state index contributed by atoms with van der Waals surface area (Å²) in [6.45, 7) is 2.40. The molecule has 5 nitrogen and oxygen atoms in total. The van der Waals surface area contributed by atoms with Crippen molar-refractivity contribution in [1.82, 2.24) is 15.4 Å². The lowest BCUT2D eigenvalue weighted by Gasteiger charge is -2.17. The average Bonchev–Trinajstić information content (AvgIpc) is 3.40. The van der Waals surface area contributed by atoms with E-state index in [2.05, 4.69) is 16.5 Å². The van der Waals surface area contributed by atoms with Gasteiger partial charge in [0.05, 0.1) is 6.54 Å². The maximum absolute atomic E-state index is 12.8. The number of nitrogens with zero attached hydrogens (tertiary/aromatic N) is 2. The zero-order chi connectivity index (χ0) is 18.6. The van der Waals surface area contributed by atoms with Crippen molar-refractivity contribution >= 4 is 5.91 Å². The molecule has 138 valence electrons. The van der Waals surface area contributed by atoms with Crippen molar-refractivity contribution in [2.24, 2.45) is 0 Å². The highest BCUT2D eigenvalue weighted by atomic mass is 16.5. The monoisotopic (exact) mass is 361 g/mol. The number of hydrogen-bond donors (Lipinski definition) is 1. The van der Waals surface area contributed by atoms with Crippen molar-refractivity contribution in [3.05, 3.63) is 77.6 Å². The van der Waals surface area contributed by atoms with E-state index in [1.807, 2.05) is 54.6 Å². The summed E-state index contributed by atoms with van der Waals surface area (Å²) in [5, 5.41) is 7.49. The smallest absolute Gasteiger partial charge is 0.254 e. The number of benzene rings is 2. The van der Waals surface area contributed by atoms with Crippen molar-refractivity contribution in [3.8, 4) is 11.3 Å². The molecule has 1 atom stereocenters. The zero-order valence-corrected chi connectivity index (χ0v) is 15.4. The van der Waals surface area contributed by atoms with E-state index in [-0.39, 0.29) is 5.91 Å². The highest BCUT2D eigenvalue weighted by molar-refractivity contribution is 5.94. The van der Waals surface area contributed by atoms with Crippen molar-refractivity contribution in [2.75, 3.05) is 20.1 Å². The number of carbonyl (C=O) groups is 1. The fraction of sp³-hybridized carbons (Fsp3) is 0.273. The molecule has 0 bridgehead atoms. The van der Waals surface area contributed by atoms with Crippen LogP contribution in [0.2, 0.25) is 0 Å². The molecule has 0 unspecified atom stereocenters. The van der Waals surface area contributed by atoms with Gasteiger partial charge in [-0.1, -0.05) is 47.6 Å². The standard InChI is InChI=1S/C22H23N3O2/c1-25(15-20-13-21(24-27-20)16-6-3-2-4-7-16)22(26)18-9-5-8-17(12-18)19-10-11-23-14-19/h2-9,12-13,19,23H,10-11,14-15H2,1H3/t19-/m1/s1. The number of amides is 1. The Hall–Kier alpha value is -2.92. The van der Waals surface area contributed by atoms with Crippen molar-refractivity contribution in [1.29, 1.82) is 0 Å². The van der Waals surface area contributed by atoms with Crippen LogP contribution in [-0.2, 0) is 6.54 Å². The molecule has 1 aliphatic heterocycles. The quantitative estimate of drug-likeness (QED) is 0.753. The lowest BCUT2D eigenvalue weighted by molar-refractivity contribution is 0.0772. The van der Waals surface area contributed by atoms with Gasteiger partial charge in [0.25, 0.3) is 5.91 Å². The fourth-order valence-electron chi connectivity index (χ4n) is 3.52. The van der Waals surface area contributed by atoms with Crippen LogP contribution in [0, 0.1) is 0 Å². The van der Waals surface area contributed by atoms with Crippen LogP contribution >= 0.6 is 0 Å². The third kappa shape index (κ3) is 3.93. The molecule has 0 radical (unpaired) electrons. The topological polar surface area (TPSA) is 58.4 Å². The first kappa shape index (κ1) is 17.5. The van der Waals surface area contributed by atoms with Gasteiger partial charge >= 0.3 is 0 Å². The van der Waals surface area contributed by atoms with Crippen molar-refractivity contribution in [2.45, 2.75) is 18.9 Å². The van der Waals surface area contributed by atoms with E-state index < -0.39 is 0 Å². The molecule has 0 aliphatic carbocycles. The van der Waals surface area contributed by atoms with Gasteiger partial charge in [-0.2, -0.15) is 0 Å². The maximum Gasteiger partial charge on any atom is 0.254 e. The molecule has 1 aromatic heterocycles. The van der Waals surface area contributed by atoms with E-state index in [9.17, 15) is 4.79 Å². The number of nitrogens with one attached hydrogen (secondary N) is 1. The van der Waals surface area contributed by atoms with Gasteiger partial charge in [0.1, 0.15) is 5.69 Å². The molecule has 0 spiro atoms. The summed E-state index contributed by atoms with van der Waals surface area (Å²) in [6.07, 6.45) is 1.12. The van der Waals surface area contributed by atoms with Crippen LogP contribution < -0.4 is 5.32 Å². The Kier molecular flexibility index (Phi) is 5.03. The lowest BCUT2D eigenvalue weighted by atomic mass is 9.96. The van der Waals surface area contributed by atoms with Crippen LogP contribution in [0.4, 0.5) is 0 Å². The largest absolute Gasteiger partial charge is 0.359 e. The first-order valence-electron chi connectivity index (χ1n) is 9.28. The van der Waals surface area contributed by atoms with E-state index in [0.717, 1.165) is 30.8 Å². The van der Waals surface area contributed by atoms with Gasteiger partial charge in [0.2, 0.25) is 0 Å². The molecule has 4 rings (SSSR count). The van der Waals surface area contributed by atoms with Gasteiger partial charge in [0, 0.05) is 30.8 Å². The zero-order valence-electron chi connectivity index (χ0n) is 15.4. The molecule has 1 amide bonds. The second kappa shape index (κ2) is 7.76. The van der Waals surface area contributed by atoms with Crippen molar-refractivity contribution in [3.63, 3.8) is 0 Å². The molecule has 1 N–H and O–H groups in total. The highest BCUT2D eigenvalue weighted by Crippen LogP contribution is 2.24. The molecule has 2 aromatic carbocycles. The number of rotatable bonds is 5. The molecule has 2 heterocycles. The SMILES string of the molecule is CN(Cc1cc(-c2ccccc2)no1)C(=O)c1cccc([C@@H]2CCNC2)c1. The third-order valence-corrected chi connectivity index (χ3v) is 5.03. The number of hydrogen-bond acceptors (Lipinski definition) is 4. The first-order chi connectivity index (χ1) is 13.2. The predicted molar refractivity (Wildman–Crippen MR) is 104 cm³/mol. The molecule has 27 heavy (non-hydrogen) atoms.